The molecule has 0 aliphatic rings. The Kier molecular flexibility index (Phi) is 3.02. The second kappa shape index (κ2) is 4.36. The van der Waals surface area contributed by atoms with Crippen LogP contribution in [0.15, 0.2) is 12.1 Å². The molecule has 1 aromatic heterocycles. The highest BCUT2D eigenvalue weighted by Gasteiger charge is 2.24. The van der Waals surface area contributed by atoms with E-state index in [1.807, 2.05) is 0 Å². The van der Waals surface area contributed by atoms with E-state index in [0.29, 0.717) is 5.82 Å². The number of nitrogens with zero attached hydrogens (tertiary/aromatic N) is 1. The second-order valence-electron chi connectivity index (χ2n) is 4.32. The summed E-state index contributed by atoms with van der Waals surface area (Å²) in [5, 5.41) is 8.91. The Hall–Kier alpha value is -1.98. The first-order valence-corrected chi connectivity index (χ1v) is 5.47. The Labute approximate surface area is 102 Å². The van der Waals surface area contributed by atoms with Crippen LogP contribution in [-0.4, -0.2) is 21.0 Å². The molecule has 2 N–H and O–H groups in total. The summed E-state index contributed by atoms with van der Waals surface area (Å²) < 4.78 is 26.5. The number of fused-ring (bicyclic) bond motifs is 1. The van der Waals surface area contributed by atoms with Crippen LogP contribution in [0.2, 0.25) is 0 Å². The summed E-state index contributed by atoms with van der Waals surface area (Å²) in [6.07, 6.45) is 0. The zero-order valence-corrected chi connectivity index (χ0v) is 9.87. The number of aromatic amines is 1. The quantitative estimate of drug-likeness (QED) is 0.884. The molecule has 0 radical (unpaired) electrons. The average molecular weight is 254 g/mol. The van der Waals surface area contributed by atoms with E-state index in [9.17, 15) is 13.6 Å². The van der Waals surface area contributed by atoms with Crippen LogP contribution in [0.25, 0.3) is 11.0 Å². The van der Waals surface area contributed by atoms with Gasteiger partial charge in [-0.25, -0.2) is 13.8 Å². The number of halogens is 2. The predicted octanol–water partition coefficient (Wildman–Crippen LogP) is 2.67. The lowest BCUT2D eigenvalue weighted by molar-refractivity contribution is -0.141. The molecule has 0 aliphatic heterocycles. The fraction of sp³-hybridized carbons (Fsp3) is 0.333. The number of hydrogen-bond acceptors (Lipinski definition) is 2. The number of H-pyrrole nitrogens is 1. The van der Waals surface area contributed by atoms with Gasteiger partial charge in [-0.3, -0.25) is 4.79 Å². The molecular weight excluding hydrogens is 242 g/mol. The normalized spacial score (nSPS) is 14.7. The van der Waals surface area contributed by atoms with Gasteiger partial charge in [-0.2, -0.15) is 0 Å². The minimum Gasteiger partial charge on any atom is -0.481 e. The summed E-state index contributed by atoms with van der Waals surface area (Å²) >= 11 is 0. The van der Waals surface area contributed by atoms with Gasteiger partial charge in [-0.1, -0.05) is 13.8 Å². The van der Waals surface area contributed by atoms with Gasteiger partial charge in [0.1, 0.15) is 17.2 Å². The summed E-state index contributed by atoms with van der Waals surface area (Å²) in [7, 11) is 0. The Morgan fingerprint density at radius 3 is 2.67 bits per heavy atom. The molecule has 1 heterocycles. The molecule has 0 saturated carbocycles. The zero-order valence-electron chi connectivity index (χ0n) is 9.87. The third kappa shape index (κ3) is 2.05. The minimum atomic E-state index is -0.963. The number of benzene rings is 1. The van der Waals surface area contributed by atoms with Gasteiger partial charge < -0.3 is 10.1 Å². The first-order chi connectivity index (χ1) is 8.40. The largest absolute Gasteiger partial charge is 0.481 e. The van der Waals surface area contributed by atoms with Crippen LogP contribution in [-0.2, 0) is 4.79 Å². The number of aromatic nitrogens is 2. The van der Waals surface area contributed by atoms with E-state index < -0.39 is 29.4 Å². The topological polar surface area (TPSA) is 66.0 Å². The Bertz CT molecular complexity index is 609. The van der Waals surface area contributed by atoms with Gasteiger partial charge in [-0.05, 0) is 6.07 Å². The lowest BCUT2D eigenvalue weighted by Crippen LogP contribution is -2.17. The lowest BCUT2D eigenvalue weighted by Gasteiger charge is -2.12. The number of carboxylic acids is 1. The van der Waals surface area contributed by atoms with Gasteiger partial charge in [0.05, 0.1) is 11.4 Å². The van der Waals surface area contributed by atoms with E-state index in [-0.39, 0.29) is 11.0 Å². The molecule has 6 heteroatoms. The molecule has 2 rings (SSSR count). The minimum absolute atomic E-state index is 0.0239. The summed E-state index contributed by atoms with van der Waals surface area (Å²) in [5.74, 6) is -3.17. The Morgan fingerprint density at radius 1 is 1.39 bits per heavy atom. The molecule has 4 nitrogen and oxygen atoms in total. The molecule has 0 aliphatic carbocycles. The second-order valence-corrected chi connectivity index (χ2v) is 4.32. The van der Waals surface area contributed by atoms with Crippen molar-refractivity contribution in [2.45, 2.75) is 19.8 Å². The Morgan fingerprint density at radius 2 is 2.06 bits per heavy atom. The maximum Gasteiger partial charge on any atom is 0.306 e. The van der Waals surface area contributed by atoms with Crippen molar-refractivity contribution in [2.75, 3.05) is 0 Å². The fourth-order valence-electron chi connectivity index (χ4n) is 1.73. The van der Waals surface area contributed by atoms with E-state index in [1.165, 1.54) is 6.92 Å². The van der Waals surface area contributed by atoms with Crippen LogP contribution >= 0.6 is 0 Å². The predicted molar refractivity (Wildman–Crippen MR) is 61.2 cm³/mol. The molecular formula is C12H12F2N2O2. The molecule has 0 bridgehead atoms. The van der Waals surface area contributed by atoms with E-state index in [4.69, 9.17) is 5.11 Å². The highest BCUT2D eigenvalue weighted by Crippen LogP contribution is 2.25. The number of nitrogens with one attached hydrogen (secondary N) is 1. The van der Waals surface area contributed by atoms with E-state index in [1.54, 1.807) is 6.92 Å². The fourth-order valence-corrected chi connectivity index (χ4v) is 1.73. The van der Waals surface area contributed by atoms with Crippen LogP contribution in [0.3, 0.4) is 0 Å². The van der Waals surface area contributed by atoms with Crippen molar-refractivity contribution in [1.82, 2.24) is 9.97 Å². The van der Waals surface area contributed by atoms with Gasteiger partial charge in [0.2, 0.25) is 0 Å². The van der Waals surface area contributed by atoms with Crippen molar-refractivity contribution in [3.05, 3.63) is 29.6 Å². The maximum atomic E-state index is 13.4. The first-order valence-electron chi connectivity index (χ1n) is 5.47. The molecule has 0 spiro atoms. The number of imidazole rings is 1. The number of aliphatic carboxylic acids is 1. The van der Waals surface area contributed by atoms with Gasteiger partial charge in [-0.15, -0.1) is 0 Å². The summed E-state index contributed by atoms with van der Waals surface area (Å²) in [6.45, 7) is 3.21. The monoisotopic (exact) mass is 254 g/mol. The zero-order chi connectivity index (χ0) is 13.4. The molecule has 18 heavy (non-hydrogen) atoms. The van der Waals surface area contributed by atoms with Crippen molar-refractivity contribution in [3.8, 4) is 0 Å². The van der Waals surface area contributed by atoms with Crippen LogP contribution in [0, 0.1) is 17.6 Å². The van der Waals surface area contributed by atoms with Crippen LogP contribution < -0.4 is 0 Å². The van der Waals surface area contributed by atoms with Crippen molar-refractivity contribution >= 4 is 17.0 Å². The molecule has 1 aromatic carbocycles. The molecule has 96 valence electrons. The standard InChI is InChI=1S/C12H12F2N2O2/c1-5(6(2)12(17)18)11-15-9-4-7(13)3-8(14)10(9)16-11/h3-6H,1-2H3,(H,15,16)(H,17,18). The van der Waals surface area contributed by atoms with Gasteiger partial charge in [0, 0.05) is 12.0 Å². The summed E-state index contributed by atoms with van der Waals surface area (Å²) in [5.41, 5.74) is 0.253. The number of carboxylic acid groups (broad SMARTS) is 1. The molecule has 0 fully saturated rings. The number of hydrogen-bond donors (Lipinski definition) is 2. The van der Waals surface area contributed by atoms with Gasteiger partial charge in [0.15, 0.2) is 5.82 Å². The number of carbonyl (C=O) groups is 1. The van der Waals surface area contributed by atoms with Gasteiger partial charge >= 0.3 is 5.97 Å². The number of rotatable bonds is 3. The smallest absolute Gasteiger partial charge is 0.306 e. The van der Waals surface area contributed by atoms with Crippen molar-refractivity contribution < 1.29 is 18.7 Å². The van der Waals surface area contributed by atoms with Crippen LogP contribution in [0.1, 0.15) is 25.6 Å². The van der Waals surface area contributed by atoms with Crippen molar-refractivity contribution in [1.29, 1.82) is 0 Å². The molecule has 2 atom stereocenters. The first kappa shape index (κ1) is 12.5. The third-order valence-corrected chi connectivity index (χ3v) is 3.09. The summed E-state index contributed by atoms with van der Waals surface area (Å²) in [4.78, 5) is 17.6. The van der Waals surface area contributed by atoms with Crippen LogP contribution in [0.5, 0.6) is 0 Å². The highest BCUT2D eigenvalue weighted by molar-refractivity contribution is 5.76. The van der Waals surface area contributed by atoms with Gasteiger partial charge in [0.25, 0.3) is 0 Å². The summed E-state index contributed by atoms with van der Waals surface area (Å²) in [6, 6.07) is 1.88. The maximum absolute atomic E-state index is 13.4. The van der Waals surface area contributed by atoms with Crippen molar-refractivity contribution in [3.63, 3.8) is 0 Å². The third-order valence-electron chi connectivity index (χ3n) is 3.09. The highest BCUT2D eigenvalue weighted by atomic mass is 19.1. The molecule has 0 saturated heterocycles. The van der Waals surface area contributed by atoms with E-state index in [2.05, 4.69) is 9.97 Å². The average Bonchev–Trinajstić information content (AvgIpc) is 2.70. The molecule has 2 unspecified atom stereocenters. The van der Waals surface area contributed by atoms with Crippen molar-refractivity contribution in [2.24, 2.45) is 5.92 Å². The Balaban J connectivity index is 2.47. The molecule has 0 amide bonds. The SMILES string of the molecule is CC(C(=O)O)C(C)c1nc2c(F)cc(F)cc2[nH]1. The van der Waals surface area contributed by atoms with E-state index >= 15 is 0 Å². The van der Waals surface area contributed by atoms with E-state index in [0.717, 1.165) is 12.1 Å². The lowest BCUT2D eigenvalue weighted by atomic mass is 9.96. The molecule has 2 aromatic rings. The van der Waals surface area contributed by atoms with Crippen LogP contribution in [0.4, 0.5) is 8.78 Å².